The Morgan fingerprint density at radius 2 is 2.12 bits per heavy atom. The van der Waals surface area contributed by atoms with E-state index in [4.69, 9.17) is 21.4 Å². The number of carboxylic acids is 1. The second kappa shape index (κ2) is 7.78. The fraction of sp³-hybridized carbons (Fsp3) is 0.235. The summed E-state index contributed by atoms with van der Waals surface area (Å²) >= 11 is 11.2. The molecule has 1 aliphatic heterocycles. The van der Waals surface area contributed by atoms with Gasteiger partial charge in [-0.2, -0.15) is 0 Å². The number of hydrogen-bond donors (Lipinski definition) is 2. The summed E-state index contributed by atoms with van der Waals surface area (Å²) in [7, 11) is 0. The smallest absolute Gasteiger partial charge is 0.321 e. The van der Waals surface area contributed by atoms with Gasteiger partial charge in [-0.3, -0.25) is 10.1 Å². The van der Waals surface area contributed by atoms with Crippen LogP contribution in [0.5, 0.6) is 5.75 Å². The summed E-state index contributed by atoms with van der Waals surface area (Å²) in [6.07, 6.45) is 0. The number of halogens is 2. The van der Waals surface area contributed by atoms with E-state index in [1.54, 1.807) is 6.07 Å². The van der Waals surface area contributed by atoms with Crippen LogP contribution in [0.3, 0.4) is 0 Å². The van der Waals surface area contributed by atoms with E-state index in [1.165, 1.54) is 11.8 Å². The lowest BCUT2D eigenvalue weighted by molar-refractivity contribution is -0.138. The zero-order chi connectivity index (χ0) is 17.1. The molecule has 3 rings (SSSR count). The Hall–Kier alpha value is -1.21. The molecule has 2 aromatic rings. The molecule has 0 aromatic heterocycles. The molecule has 7 heteroatoms. The van der Waals surface area contributed by atoms with Crippen molar-refractivity contribution in [2.75, 3.05) is 5.75 Å². The lowest BCUT2D eigenvalue weighted by Crippen LogP contribution is -2.33. The third kappa shape index (κ3) is 4.06. The highest BCUT2D eigenvalue weighted by atomic mass is 79.9. The largest absolute Gasteiger partial charge is 0.487 e. The Kier molecular flexibility index (Phi) is 5.71. The van der Waals surface area contributed by atoms with Gasteiger partial charge in [0.15, 0.2) is 0 Å². The first kappa shape index (κ1) is 17.6. The van der Waals surface area contributed by atoms with Crippen LogP contribution >= 0.6 is 39.3 Å². The zero-order valence-corrected chi connectivity index (χ0v) is 15.7. The molecule has 1 saturated heterocycles. The Bertz CT molecular complexity index is 744. The highest BCUT2D eigenvalue weighted by Gasteiger charge is 2.32. The molecular weight excluding hydrogens is 414 g/mol. The van der Waals surface area contributed by atoms with Crippen LogP contribution in [-0.2, 0) is 11.4 Å². The third-order valence-corrected chi connectivity index (χ3v) is 5.68. The van der Waals surface area contributed by atoms with Crippen molar-refractivity contribution in [1.29, 1.82) is 0 Å². The maximum Gasteiger partial charge on any atom is 0.321 e. The van der Waals surface area contributed by atoms with Gasteiger partial charge < -0.3 is 9.84 Å². The van der Waals surface area contributed by atoms with Gasteiger partial charge in [-0.1, -0.05) is 41.9 Å². The highest BCUT2D eigenvalue weighted by molar-refractivity contribution is 9.10. The van der Waals surface area contributed by atoms with E-state index in [0.717, 1.165) is 15.6 Å². The zero-order valence-electron chi connectivity index (χ0n) is 12.5. The molecule has 0 bridgehead atoms. The standard InChI is InChI=1S/C17H15BrClNO3S/c18-13-7-11(19)6-12(16-20-14(9-24-16)17(21)22)15(13)23-8-10-4-2-1-3-5-10/h1-7,14,16,20H,8-9H2,(H,21,22). The Labute approximate surface area is 157 Å². The van der Waals surface area contributed by atoms with Crippen LogP contribution in [0.1, 0.15) is 16.5 Å². The number of aliphatic carboxylic acids is 1. The molecule has 2 N–H and O–H groups in total. The minimum absolute atomic E-state index is 0.174. The number of benzene rings is 2. The number of ether oxygens (including phenoxy) is 1. The molecule has 1 fully saturated rings. The summed E-state index contributed by atoms with van der Waals surface area (Å²) in [5.74, 6) is 0.333. The van der Waals surface area contributed by atoms with Gasteiger partial charge in [-0.25, -0.2) is 0 Å². The second-order valence-corrected chi connectivity index (χ2v) is 7.78. The molecule has 2 aromatic carbocycles. The maximum absolute atomic E-state index is 11.2. The average Bonchev–Trinajstić information content (AvgIpc) is 3.04. The fourth-order valence-electron chi connectivity index (χ4n) is 2.45. The van der Waals surface area contributed by atoms with Gasteiger partial charge in [-0.15, -0.1) is 11.8 Å². The van der Waals surface area contributed by atoms with E-state index in [0.29, 0.717) is 23.1 Å². The number of rotatable bonds is 5. The van der Waals surface area contributed by atoms with Gasteiger partial charge in [0.25, 0.3) is 0 Å². The van der Waals surface area contributed by atoms with Crippen molar-refractivity contribution in [3.63, 3.8) is 0 Å². The first-order valence-electron chi connectivity index (χ1n) is 7.30. The molecule has 2 atom stereocenters. The number of hydrogen-bond acceptors (Lipinski definition) is 4. The van der Waals surface area contributed by atoms with Gasteiger partial charge in [0.1, 0.15) is 18.4 Å². The molecule has 24 heavy (non-hydrogen) atoms. The van der Waals surface area contributed by atoms with Gasteiger partial charge >= 0.3 is 5.97 Å². The average molecular weight is 429 g/mol. The topological polar surface area (TPSA) is 58.6 Å². The fourth-order valence-corrected chi connectivity index (χ4v) is 4.64. The maximum atomic E-state index is 11.2. The Balaban J connectivity index is 1.84. The van der Waals surface area contributed by atoms with Crippen molar-refractivity contribution >= 4 is 45.3 Å². The number of thioether (sulfide) groups is 1. The minimum atomic E-state index is -0.849. The summed E-state index contributed by atoms with van der Waals surface area (Å²) in [5.41, 5.74) is 1.90. The van der Waals surface area contributed by atoms with Crippen molar-refractivity contribution in [3.05, 3.63) is 63.1 Å². The van der Waals surface area contributed by atoms with Crippen LogP contribution in [0.2, 0.25) is 5.02 Å². The SMILES string of the molecule is O=C(O)C1CSC(c2cc(Cl)cc(Br)c2OCc2ccccc2)N1. The van der Waals surface area contributed by atoms with E-state index < -0.39 is 12.0 Å². The van der Waals surface area contributed by atoms with Crippen LogP contribution in [0.4, 0.5) is 0 Å². The molecular formula is C17H15BrClNO3S. The van der Waals surface area contributed by atoms with Gasteiger partial charge in [-0.05, 0) is 33.6 Å². The summed E-state index contributed by atoms with van der Waals surface area (Å²) < 4.78 is 6.76. The Morgan fingerprint density at radius 3 is 2.79 bits per heavy atom. The molecule has 4 nitrogen and oxygen atoms in total. The van der Waals surface area contributed by atoms with Gasteiger partial charge in [0.2, 0.25) is 0 Å². The van der Waals surface area contributed by atoms with Crippen molar-refractivity contribution in [2.24, 2.45) is 0 Å². The lowest BCUT2D eigenvalue weighted by atomic mass is 10.1. The van der Waals surface area contributed by atoms with Crippen molar-refractivity contribution in [1.82, 2.24) is 5.32 Å². The molecule has 0 saturated carbocycles. The van der Waals surface area contributed by atoms with E-state index >= 15 is 0 Å². The van der Waals surface area contributed by atoms with Crippen molar-refractivity contribution in [2.45, 2.75) is 18.0 Å². The van der Waals surface area contributed by atoms with Crippen LogP contribution < -0.4 is 10.1 Å². The van der Waals surface area contributed by atoms with Crippen LogP contribution in [0.15, 0.2) is 46.9 Å². The summed E-state index contributed by atoms with van der Waals surface area (Å²) in [6.45, 7) is 0.424. The van der Waals surface area contributed by atoms with E-state index in [1.807, 2.05) is 36.4 Å². The van der Waals surface area contributed by atoms with Crippen LogP contribution in [0.25, 0.3) is 0 Å². The molecule has 2 unspecified atom stereocenters. The molecule has 126 valence electrons. The molecule has 0 aliphatic carbocycles. The van der Waals surface area contributed by atoms with Crippen molar-refractivity contribution < 1.29 is 14.6 Å². The first-order valence-corrected chi connectivity index (χ1v) is 9.52. The lowest BCUT2D eigenvalue weighted by Gasteiger charge is -2.19. The van der Waals surface area contributed by atoms with E-state index in [9.17, 15) is 4.79 Å². The second-order valence-electron chi connectivity index (χ2n) is 5.35. The number of carbonyl (C=O) groups is 1. The number of nitrogens with one attached hydrogen (secondary N) is 1. The normalized spacial score (nSPS) is 20.1. The quantitative estimate of drug-likeness (QED) is 0.736. The van der Waals surface area contributed by atoms with E-state index in [-0.39, 0.29) is 5.37 Å². The van der Waals surface area contributed by atoms with Gasteiger partial charge in [0.05, 0.1) is 9.85 Å². The van der Waals surface area contributed by atoms with Crippen LogP contribution in [-0.4, -0.2) is 22.9 Å². The van der Waals surface area contributed by atoms with Crippen molar-refractivity contribution in [3.8, 4) is 5.75 Å². The van der Waals surface area contributed by atoms with E-state index in [2.05, 4.69) is 21.2 Å². The monoisotopic (exact) mass is 427 g/mol. The molecule has 0 spiro atoms. The predicted octanol–water partition coefficient (Wildman–Crippen LogP) is 4.47. The minimum Gasteiger partial charge on any atom is -0.487 e. The van der Waals surface area contributed by atoms with Gasteiger partial charge in [0, 0.05) is 16.3 Å². The predicted molar refractivity (Wildman–Crippen MR) is 99.7 cm³/mol. The Morgan fingerprint density at radius 1 is 1.38 bits per heavy atom. The summed E-state index contributed by atoms with van der Waals surface area (Å²) in [4.78, 5) is 11.2. The molecule has 1 heterocycles. The first-order chi connectivity index (χ1) is 11.5. The third-order valence-electron chi connectivity index (χ3n) is 3.63. The van der Waals surface area contributed by atoms with Crippen LogP contribution in [0, 0.1) is 0 Å². The molecule has 0 amide bonds. The summed E-state index contributed by atoms with van der Waals surface area (Å²) in [6, 6.07) is 12.9. The highest BCUT2D eigenvalue weighted by Crippen LogP contribution is 2.43. The number of carboxylic acid groups (broad SMARTS) is 1. The molecule has 0 radical (unpaired) electrons. The molecule has 1 aliphatic rings. The summed E-state index contributed by atoms with van der Waals surface area (Å²) in [5, 5.41) is 12.7.